The Kier molecular flexibility index (Phi) is 5.41. The standard InChI is InChI=1S/C23H24N4O3S/c1-15(28)26-11-12-30-19(14-26)20-18-6-4-10-25-22(18)31-21(20)23(29)27(17-7-8-17)13-16-5-2-3-9-24-16/h2-6,9-10,17,19H,7-8,11-14H2,1H3/t19-/m0/s1. The van der Waals surface area contributed by atoms with Gasteiger partial charge in [0, 0.05) is 42.9 Å². The van der Waals surface area contributed by atoms with Crippen molar-refractivity contribution in [2.45, 2.75) is 38.5 Å². The van der Waals surface area contributed by atoms with Gasteiger partial charge in [-0.05, 0) is 31.0 Å². The lowest BCUT2D eigenvalue weighted by atomic mass is 10.0. The first-order chi connectivity index (χ1) is 15.1. The van der Waals surface area contributed by atoms with Crippen molar-refractivity contribution in [2.75, 3.05) is 19.7 Å². The van der Waals surface area contributed by atoms with Crippen LogP contribution in [0.3, 0.4) is 0 Å². The van der Waals surface area contributed by atoms with Crippen LogP contribution in [0.4, 0.5) is 0 Å². The Morgan fingerprint density at radius 1 is 1.19 bits per heavy atom. The lowest BCUT2D eigenvalue weighted by molar-refractivity contribution is -0.136. The van der Waals surface area contributed by atoms with E-state index in [1.165, 1.54) is 11.3 Å². The molecule has 0 unspecified atom stereocenters. The number of amides is 2. The van der Waals surface area contributed by atoms with Crippen molar-refractivity contribution in [3.63, 3.8) is 0 Å². The maximum atomic E-state index is 13.8. The van der Waals surface area contributed by atoms with Gasteiger partial charge in [0.25, 0.3) is 5.91 Å². The van der Waals surface area contributed by atoms with E-state index in [4.69, 9.17) is 4.74 Å². The fraction of sp³-hybridized carbons (Fsp3) is 0.391. The third kappa shape index (κ3) is 4.05. The molecule has 5 rings (SSSR count). The van der Waals surface area contributed by atoms with Crippen molar-refractivity contribution in [2.24, 2.45) is 0 Å². The zero-order valence-electron chi connectivity index (χ0n) is 17.4. The quantitative estimate of drug-likeness (QED) is 0.613. The highest BCUT2D eigenvalue weighted by atomic mass is 32.1. The average Bonchev–Trinajstić information content (AvgIpc) is 3.57. The van der Waals surface area contributed by atoms with Gasteiger partial charge >= 0.3 is 0 Å². The van der Waals surface area contributed by atoms with Gasteiger partial charge in [0.2, 0.25) is 5.91 Å². The highest BCUT2D eigenvalue weighted by molar-refractivity contribution is 7.20. The predicted octanol–water partition coefficient (Wildman–Crippen LogP) is 3.42. The maximum Gasteiger partial charge on any atom is 0.265 e. The SMILES string of the molecule is CC(=O)N1CCO[C@H](c2c(C(=O)N(Cc3ccccn3)C3CC3)sc3ncccc23)C1. The van der Waals surface area contributed by atoms with Gasteiger partial charge in [-0.3, -0.25) is 14.6 Å². The smallest absolute Gasteiger partial charge is 0.265 e. The van der Waals surface area contributed by atoms with Crippen LogP contribution >= 0.6 is 11.3 Å². The molecule has 0 aromatic carbocycles. The summed E-state index contributed by atoms with van der Waals surface area (Å²) in [5.74, 6) is 0.0169. The number of morpholine rings is 1. The van der Waals surface area contributed by atoms with Gasteiger partial charge in [0.15, 0.2) is 0 Å². The number of hydrogen-bond donors (Lipinski definition) is 0. The molecule has 1 saturated carbocycles. The molecular formula is C23H24N4O3S. The van der Waals surface area contributed by atoms with Crippen LogP contribution in [0.15, 0.2) is 42.7 Å². The lowest BCUT2D eigenvalue weighted by Crippen LogP contribution is -2.41. The predicted molar refractivity (Wildman–Crippen MR) is 118 cm³/mol. The van der Waals surface area contributed by atoms with Gasteiger partial charge in [-0.15, -0.1) is 11.3 Å². The van der Waals surface area contributed by atoms with Crippen molar-refractivity contribution in [3.8, 4) is 0 Å². The molecule has 160 valence electrons. The van der Waals surface area contributed by atoms with Gasteiger partial charge < -0.3 is 14.5 Å². The summed E-state index contributed by atoms with van der Waals surface area (Å²) in [6, 6.07) is 9.88. The Morgan fingerprint density at radius 2 is 2.03 bits per heavy atom. The number of fused-ring (bicyclic) bond motifs is 1. The topological polar surface area (TPSA) is 75.6 Å². The molecule has 1 aliphatic heterocycles. The summed E-state index contributed by atoms with van der Waals surface area (Å²) in [7, 11) is 0. The van der Waals surface area contributed by atoms with Gasteiger partial charge in [-0.2, -0.15) is 0 Å². The lowest BCUT2D eigenvalue weighted by Gasteiger charge is -2.33. The van der Waals surface area contributed by atoms with E-state index in [2.05, 4.69) is 9.97 Å². The fourth-order valence-electron chi connectivity index (χ4n) is 4.09. The summed E-state index contributed by atoms with van der Waals surface area (Å²) in [6.07, 6.45) is 5.17. The van der Waals surface area contributed by atoms with Crippen molar-refractivity contribution in [1.29, 1.82) is 0 Å². The molecule has 2 fully saturated rings. The van der Waals surface area contributed by atoms with Crippen molar-refractivity contribution < 1.29 is 14.3 Å². The van der Waals surface area contributed by atoms with E-state index < -0.39 is 0 Å². The molecule has 1 saturated heterocycles. The molecule has 31 heavy (non-hydrogen) atoms. The first kappa shape index (κ1) is 20.1. The Bertz CT molecular complexity index is 1110. The van der Waals surface area contributed by atoms with Gasteiger partial charge in [-0.25, -0.2) is 4.98 Å². The largest absolute Gasteiger partial charge is 0.370 e. The minimum atomic E-state index is -0.342. The second kappa shape index (κ2) is 8.36. The first-order valence-corrected chi connectivity index (χ1v) is 11.4. The molecule has 0 N–H and O–H groups in total. The van der Waals surface area contributed by atoms with E-state index in [1.807, 2.05) is 35.2 Å². The number of thiophene rings is 1. The molecule has 1 atom stereocenters. The highest BCUT2D eigenvalue weighted by Crippen LogP contribution is 2.40. The van der Waals surface area contributed by atoms with Crippen LogP contribution in [0.25, 0.3) is 10.2 Å². The van der Waals surface area contributed by atoms with Gasteiger partial charge in [0.05, 0.1) is 25.4 Å². The van der Waals surface area contributed by atoms with Crippen LogP contribution in [0.1, 0.15) is 46.8 Å². The zero-order chi connectivity index (χ0) is 21.4. The van der Waals surface area contributed by atoms with E-state index in [9.17, 15) is 9.59 Å². The second-order valence-electron chi connectivity index (χ2n) is 8.01. The van der Waals surface area contributed by atoms with Crippen molar-refractivity contribution in [1.82, 2.24) is 19.8 Å². The summed E-state index contributed by atoms with van der Waals surface area (Å²) < 4.78 is 6.08. The summed E-state index contributed by atoms with van der Waals surface area (Å²) in [6.45, 7) is 3.53. The van der Waals surface area contributed by atoms with Crippen LogP contribution < -0.4 is 0 Å². The van der Waals surface area contributed by atoms with E-state index in [0.29, 0.717) is 31.1 Å². The van der Waals surface area contributed by atoms with Gasteiger partial charge in [-0.1, -0.05) is 12.1 Å². The van der Waals surface area contributed by atoms with Crippen LogP contribution in [-0.2, 0) is 16.1 Å². The minimum Gasteiger partial charge on any atom is -0.370 e. The number of carbonyl (C=O) groups excluding carboxylic acids is 2. The molecule has 0 spiro atoms. The summed E-state index contributed by atoms with van der Waals surface area (Å²) in [5.41, 5.74) is 1.73. The molecule has 2 amide bonds. The third-order valence-electron chi connectivity index (χ3n) is 5.84. The van der Waals surface area contributed by atoms with E-state index in [1.54, 1.807) is 24.2 Å². The highest BCUT2D eigenvalue weighted by Gasteiger charge is 2.37. The first-order valence-electron chi connectivity index (χ1n) is 10.6. The number of hydrogen-bond acceptors (Lipinski definition) is 6. The molecule has 0 radical (unpaired) electrons. The Morgan fingerprint density at radius 3 is 2.77 bits per heavy atom. The number of aromatic nitrogens is 2. The van der Waals surface area contributed by atoms with Crippen LogP contribution in [0, 0.1) is 0 Å². The molecule has 2 aliphatic rings. The molecule has 1 aliphatic carbocycles. The molecule has 0 bridgehead atoms. The molecule has 8 heteroatoms. The Hall–Kier alpha value is -2.84. The zero-order valence-corrected chi connectivity index (χ0v) is 18.2. The molecule has 4 heterocycles. The molecule has 3 aromatic rings. The van der Waals surface area contributed by atoms with E-state index >= 15 is 0 Å². The second-order valence-corrected chi connectivity index (χ2v) is 9.01. The molecule has 7 nitrogen and oxygen atoms in total. The summed E-state index contributed by atoms with van der Waals surface area (Å²) in [4.78, 5) is 39.9. The third-order valence-corrected chi connectivity index (χ3v) is 6.96. The summed E-state index contributed by atoms with van der Waals surface area (Å²) >= 11 is 1.41. The molecule has 3 aromatic heterocycles. The normalized spacial score (nSPS) is 18.9. The monoisotopic (exact) mass is 436 g/mol. The maximum absolute atomic E-state index is 13.8. The van der Waals surface area contributed by atoms with Gasteiger partial charge in [0.1, 0.15) is 15.8 Å². The number of rotatable bonds is 5. The number of carbonyl (C=O) groups is 2. The average molecular weight is 437 g/mol. The van der Waals surface area contributed by atoms with Crippen molar-refractivity contribution in [3.05, 3.63) is 58.9 Å². The number of nitrogens with zero attached hydrogens (tertiary/aromatic N) is 4. The Labute approximate surface area is 184 Å². The minimum absolute atomic E-state index is 0.00491. The van der Waals surface area contributed by atoms with Crippen LogP contribution in [0.2, 0.25) is 0 Å². The van der Waals surface area contributed by atoms with Crippen molar-refractivity contribution >= 4 is 33.4 Å². The summed E-state index contributed by atoms with van der Waals surface area (Å²) in [5, 5.41) is 0.930. The number of ether oxygens (including phenoxy) is 1. The van der Waals surface area contributed by atoms with E-state index in [-0.39, 0.29) is 24.0 Å². The number of pyridine rings is 2. The van der Waals surface area contributed by atoms with Crippen LogP contribution in [0.5, 0.6) is 0 Å². The Balaban J connectivity index is 1.53. The van der Waals surface area contributed by atoms with Crippen LogP contribution in [-0.4, -0.2) is 57.3 Å². The fourth-order valence-corrected chi connectivity index (χ4v) is 5.24. The molecular weight excluding hydrogens is 412 g/mol. The van der Waals surface area contributed by atoms with E-state index in [0.717, 1.165) is 34.3 Å².